The second-order valence-electron chi connectivity index (χ2n) is 2.90. The van der Waals surface area contributed by atoms with Crippen molar-refractivity contribution in [1.82, 2.24) is 0 Å². The van der Waals surface area contributed by atoms with E-state index in [1.165, 1.54) is 6.92 Å². The zero-order valence-electron chi connectivity index (χ0n) is 6.49. The third-order valence-electron chi connectivity index (χ3n) is 1.60. The molecular formula is C7H13NO3. The first kappa shape index (κ1) is 8.49. The molecule has 0 aromatic rings. The first-order valence-corrected chi connectivity index (χ1v) is 3.75. The van der Waals surface area contributed by atoms with Gasteiger partial charge in [-0.05, 0) is 19.8 Å². The maximum absolute atomic E-state index is 10.9. The molecular weight excluding hydrogens is 146 g/mol. The van der Waals surface area contributed by atoms with E-state index in [1.54, 1.807) is 0 Å². The minimum absolute atomic E-state index is 0.0623. The van der Waals surface area contributed by atoms with E-state index in [4.69, 9.17) is 15.6 Å². The lowest BCUT2D eigenvalue weighted by atomic mass is 10.2. The summed E-state index contributed by atoms with van der Waals surface area (Å²) in [6, 6.07) is -0.893. The molecule has 0 heterocycles. The van der Waals surface area contributed by atoms with Gasteiger partial charge in [0.15, 0.2) is 0 Å². The Morgan fingerprint density at radius 3 is 2.64 bits per heavy atom. The van der Waals surface area contributed by atoms with Crippen LogP contribution in [-0.2, 0) is 9.53 Å². The second-order valence-corrected chi connectivity index (χ2v) is 2.90. The molecule has 1 aliphatic carbocycles. The highest BCUT2D eigenvalue weighted by Gasteiger charge is 2.29. The van der Waals surface area contributed by atoms with Gasteiger partial charge < -0.3 is 15.6 Å². The van der Waals surface area contributed by atoms with Crippen LogP contribution >= 0.6 is 0 Å². The highest BCUT2D eigenvalue weighted by Crippen LogP contribution is 2.23. The van der Waals surface area contributed by atoms with Crippen molar-refractivity contribution in [3.63, 3.8) is 0 Å². The predicted octanol–water partition coefficient (Wildman–Crippen LogP) is -0.600. The molecule has 1 rings (SSSR count). The van der Waals surface area contributed by atoms with Crippen molar-refractivity contribution in [3.05, 3.63) is 0 Å². The highest BCUT2D eigenvalue weighted by molar-refractivity contribution is 5.76. The molecule has 1 aliphatic rings. The molecule has 0 radical (unpaired) electrons. The van der Waals surface area contributed by atoms with Crippen LogP contribution in [0.25, 0.3) is 0 Å². The van der Waals surface area contributed by atoms with E-state index >= 15 is 0 Å². The molecule has 1 fully saturated rings. The van der Waals surface area contributed by atoms with E-state index in [0.29, 0.717) is 0 Å². The van der Waals surface area contributed by atoms with Gasteiger partial charge in [-0.2, -0.15) is 0 Å². The van der Waals surface area contributed by atoms with Crippen LogP contribution in [0.15, 0.2) is 0 Å². The Labute approximate surface area is 65.3 Å². The molecule has 0 bridgehead atoms. The number of carbonyl (C=O) groups excluding carboxylic acids is 1. The van der Waals surface area contributed by atoms with E-state index in [2.05, 4.69) is 0 Å². The van der Waals surface area contributed by atoms with Crippen molar-refractivity contribution >= 4 is 5.97 Å². The van der Waals surface area contributed by atoms with Gasteiger partial charge in [-0.15, -0.1) is 0 Å². The summed E-state index contributed by atoms with van der Waals surface area (Å²) in [5, 5.41) is 8.90. The Morgan fingerprint density at radius 2 is 2.27 bits per heavy atom. The molecule has 3 N–H and O–H groups in total. The van der Waals surface area contributed by atoms with Crippen molar-refractivity contribution in [2.75, 3.05) is 0 Å². The summed E-state index contributed by atoms with van der Waals surface area (Å²) in [6.07, 6.45) is 1.09. The number of ether oxygens (including phenoxy) is 1. The molecule has 64 valence electrons. The lowest BCUT2D eigenvalue weighted by Gasteiger charge is -2.12. The summed E-state index contributed by atoms with van der Waals surface area (Å²) in [5.74, 6) is -0.498. The largest absolute Gasteiger partial charge is 0.461 e. The minimum Gasteiger partial charge on any atom is -0.461 e. The first-order valence-electron chi connectivity index (χ1n) is 3.75. The van der Waals surface area contributed by atoms with Crippen molar-refractivity contribution in [1.29, 1.82) is 0 Å². The van der Waals surface area contributed by atoms with Gasteiger partial charge in [-0.25, -0.2) is 0 Å². The third kappa shape index (κ3) is 2.48. The molecule has 0 saturated heterocycles. The Morgan fingerprint density at radius 1 is 1.73 bits per heavy atom. The van der Waals surface area contributed by atoms with Crippen LogP contribution in [0.1, 0.15) is 19.8 Å². The molecule has 0 amide bonds. The van der Waals surface area contributed by atoms with Gasteiger partial charge >= 0.3 is 5.97 Å². The molecule has 1 saturated carbocycles. The Bertz CT molecular complexity index is 154. The average molecular weight is 159 g/mol. The molecule has 4 heteroatoms. The van der Waals surface area contributed by atoms with Crippen LogP contribution in [0, 0.1) is 0 Å². The summed E-state index contributed by atoms with van der Waals surface area (Å²) in [4.78, 5) is 10.9. The number of hydrogen-bond acceptors (Lipinski definition) is 4. The van der Waals surface area contributed by atoms with Crippen LogP contribution in [0.4, 0.5) is 0 Å². The molecule has 0 aromatic carbocycles. The highest BCUT2D eigenvalue weighted by atomic mass is 16.6. The number of aliphatic hydroxyl groups is 1. The molecule has 0 aromatic heterocycles. The Balaban J connectivity index is 2.26. The summed E-state index contributed by atoms with van der Waals surface area (Å²) < 4.78 is 4.86. The number of rotatable bonds is 3. The maximum Gasteiger partial charge on any atom is 0.325 e. The van der Waals surface area contributed by atoms with Crippen molar-refractivity contribution < 1.29 is 14.6 Å². The van der Waals surface area contributed by atoms with E-state index in [9.17, 15) is 4.79 Å². The fourth-order valence-electron chi connectivity index (χ4n) is 0.626. The standard InChI is InChI=1S/C7H13NO3/c1-4(9)6(8)7(10)11-5-2-3-5/h4-6,9H,2-3,8H2,1H3/t4-,6+/m1/s1. The van der Waals surface area contributed by atoms with Crippen molar-refractivity contribution in [2.45, 2.75) is 38.0 Å². The van der Waals surface area contributed by atoms with Gasteiger partial charge in [-0.3, -0.25) is 4.79 Å². The Hall–Kier alpha value is -0.610. The smallest absolute Gasteiger partial charge is 0.325 e. The van der Waals surface area contributed by atoms with Crippen LogP contribution in [-0.4, -0.2) is 29.3 Å². The number of carbonyl (C=O) groups is 1. The molecule has 0 unspecified atom stereocenters. The molecule has 0 aliphatic heterocycles. The molecule has 2 atom stereocenters. The first-order chi connectivity index (χ1) is 5.11. The quantitative estimate of drug-likeness (QED) is 0.539. The number of esters is 1. The molecule has 4 nitrogen and oxygen atoms in total. The monoisotopic (exact) mass is 159 g/mol. The summed E-state index contributed by atoms with van der Waals surface area (Å²) in [6.45, 7) is 1.47. The van der Waals surface area contributed by atoms with Crippen molar-refractivity contribution in [3.8, 4) is 0 Å². The topological polar surface area (TPSA) is 72.5 Å². The zero-order chi connectivity index (χ0) is 8.43. The van der Waals surface area contributed by atoms with Gasteiger partial charge in [0.2, 0.25) is 0 Å². The second kappa shape index (κ2) is 3.19. The fraction of sp³-hybridized carbons (Fsp3) is 0.857. The molecule has 11 heavy (non-hydrogen) atoms. The molecule has 0 spiro atoms. The predicted molar refractivity (Wildman–Crippen MR) is 38.8 cm³/mol. The van der Waals surface area contributed by atoms with Gasteiger partial charge in [0.25, 0.3) is 0 Å². The van der Waals surface area contributed by atoms with Gasteiger partial charge in [0, 0.05) is 0 Å². The fourth-order valence-corrected chi connectivity index (χ4v) is 0.626. The lowest BCUT2D eigenvalue weighted by molar-refractivity contribution is -0.148. The van der Waals surface area contributed by atoms with Crippen LogP contribution in [0.5, 0.6) is 0 Å². The van der Waals surface area contributed by atoms with Crippen LogP contribution in [0.3, 0.4) is 0 Å². The van der Waals surface area contributed by atoms with Gasteiger partial charge in [-0.1, -0.05) is 0 Å². The van der Waals surface area contributed by atoms with E-state index in [0.717, 1.165) is 12.8 Å². The number of nitrogens with two attached hydrogens (primary N) is 1. The number of aliphatic hydroxyl groups excluding tert-OH is 1. The van der Waals surface area contributed by atoms with Gasteiger partial charge in [0.1, 0.15) is 12.1 Å². The summed E-state index contributed by atoms with van der Waals surface area (Å²) >= 11 is 0. The third-order valence-corrected chi connectivity index (χ3v) is 1.60. The zero-order valence-corrected chi connectivity index (χ0v) is 6.49. The number of hydrogen-bond donors (Lipinski definition) is 2. The van der Waals surface area contributed by atoms with E-state index in [1.807, 2.05) is 0 Å². The van der Waals surface area contributed by atoms with Gasteiger partial charge in [0.05, 0.1) is 6.10 Å². The lowest BCUT2D eigenvalue weighted by Crippen LogP contribution is -2.41. The minimum atomic E-state index is -0.893. The maximum atomic E-state index is 10.9. The van der Waals surface area contributed by atoms with E-state index in [-0.39, 0.29) is 6.10 Å². The van der Waals surface area contributed by atoms with E-state index < -0.39 is 18.1 Å². The SMILES string of the molecule is C[C@@H](O)[C@H](N)C(=O)OC1CC1. The summed E-state index contributed by atoms with van der Waals surface area (Å²) in [7, 11) is 0. The average Bonchev–Trinajstić information content (AvgIpc) is 2.69. The summed E-state index contributed by atoms with van der Waals surface area (Å²) in [5.41, 5.74) is 5.31. The van der Waals surface area contributed by atoms with Crippen LogP contribution in [0.2, 0.25) is 0 Å². The normalized spacial score (nSPS) is 22.5. The van der Waals surface area contributed by atoms with Crippen molar-refractivity contribution in [2.24, 2.45) is 5.73 Å². The van der Waals surface area contributed by atoms with Crippen LogP contribution < -0.4 is 5.73 Å². The Kier molecular flexibility index (Phi) is 2.46.